The van der Waals surface area contributed by atoms with Crippen LogP contribution in [0.2, 0.25) is 0 Å². The van der Waals surface area contributed by atoms with Gasteiger partial charge in [0, 0.05) is 50.2 Å². The van der Waals surface area contributed by atoms with Gasteiger partial charge in [0.2, 0.25) is 0 Å². The van der Waals surface area contributed by atoms with Gasteiger partial charge < -0.3 is 24.7 Å². The number of carbonyl (C=O) groups is 1. The SMILES string of the molecule is O=C(Nc1ccc(F)c(-c2nc3ncc(-c4ccc(OCCN5CCOCC5)cc4)cc3[nH]2)c1)N1CCCC1. The Labute approximate surface area is 226 Å². The van der Waals surface area contributed by atoms with Crippen molar-refractivity contribution in [2.75, 3.05) is 57.9 Å². The lowest BCUT2D eigenvalue weighted by atomic mass is 10.1. The van der Waals surface area contributed by atoms with Crippen molar-refractivity contribution in [3.05, 3.63) is 60.5 Å². The minimum absolute atomic E-state index is 0.172. The zero-order valence-electron chi connectivity index (χ0n) is 21.7. The maximum Gasteiger partial charge on any atom is 0.321 e. The van der Waals surface area contributed by atoms with E-state index >= 15 is 0 Å². The van der Waals surface area contributed by atoms with Crippen LogP contribution in [-0.2, 0) is 4.74 Å². The number of morpholine rings is 1. The van der Waals surface area contributed by atoms with Crippen LogP contribution in [0.4, 0.5) is 14.9 Å². The fourth-order valence-electron chi connectivity index (χ4n) is 4.95. The van der Waals surface area contributed by atoms with Gasteiger partial charge in [0.1, 0.15) is 24.0 Å². The van der Waals surface area contributed by atoms with Gasteiger partial charge >= 0.3 is 6.03 Å². The zero-order valence-corrected chi connectivity index (χ0v) is 21.7. The third-order valence-corrected chi connectivity index (χ3v) is 7.17. The summed E-state index contributed by atoms with van der Waals surface area (Å²) >= 11 is 0. The number of nitrogens with zero attached hydrogens (tertiary/aromatic N) is 4. The molecule has 9 nitrogen and oxygen atoms in total. The molecule has 0 bridgehead atoms. The van der Waals surface area contributed by atoms with E-state index in [1.54, 1.807) is 23.2 Å². The van der Waals surface area contributed by atoms with Crippen molar-refractivity contribution in [1.82, 2.24) is 24.8 Å². The average Bonchev–Trinajstić information content (AvgIpc) is 3.65. The van der Waals surface area contributed by atoms with Crippen molar-refractivity contribution in [3.8, 4) is 28.3 Å². The number of hydrogen-bond donors (Lipinski definition) is 2. The molecule has 0 unspecified atom stereocenters. The van der Waals surface area contributed by atoms with Crippen molar-refractivity contribution in [2.24, 2.45) is 0 Å². The summed E-state index contributed by atoms with van der Waals surface area (Å²) in [5.74, 6) is 0.739. The van der Waals surface area contributed by atoms with Gasteiger partial charge in [0.15, 0.2) is 5.65 Å². The van der Waals surface area contributed by atoms with Gasteiger partial charge in [-0.3, -0.25) is 4.90 Å². The number of aromatic amines is 1. The number of halogens is 1. The third kappa shape index (κ3) is 5.86. The Morgan fingerprint density at radius 2 is 1.82 bits per heavy atom. The van der Waals surface area contributed by atoms with Crippen molar-refractivity contribution < 1.29 is 18.7 Å². The number of carbonyl (C=O) groups excluding carboxylic acids is 1. The summed E-state index contributed by atoms with van der Waals surface area (Å²) in [6.45, 7) is 6.43. The number of H-pyrrole nitrogens is 1. The van der Waals surface area contributed by atoms with E-state index in [-0.39, 0.29) is 11.6 Å². The maximum absolute atomic E-state index is 14.8. The van der Waals surface area contributed by atoms with Crippen LogP contribution in [0.1, 0.15) is 12.8 Å². The molecular weight excluding hydrogens is 499 g/mol. The number of amides is 2. The maximum atomic E-state index is 14.8. The molecule has 2 aromatic heterocycles. The summed E-state index contributed by atoms with van der Waals surface area (Å²) in [5, 5.41) is 2.86. The Morgan fingerprint density at radius 3 is 2.62 bits per heavy atom. The fraction of sp³-hybridized carbons (Fsp3) is 0.345. The number of likely N-dealkylation sites (tertiary alicyclic amines) is 1. The predicted molar refractivity (Wildman–Crippen MR) is 147 cm³/mol. The van der Waals surface area contributed by atoms with Gasteiger partial charge in [-0.2, -0.15) is 0 Å². The van der Waals surface area contributed by atoms with Gasteiger partial charge in [-0.05, 0) is 54.8 Å². The number of benzene rings is 2. The van der Waals surface area contributed by atoms with Crippen LogP contribution < -0.4 is 10.1 Å². The van der Waals surface area contributed by atoms with Crippen LogP contribution in [0.3, 0.4) is 0 Å². The molecule has 2 saturated heterocycles. The Hall–Kier alpha value is -4.02. The fourth-order valence-corrected chi connectivity index (χ4v) is 4.95. The van der Waals surface area contributed by atoms with Crippen molar-refractivity contribution in [2.45, 2.75) is 12.8 Å². The minimum Gasteiger partial charge on any atom is -0.492 e. The highest BCUT2D eigenvalue weighted by Gasteiger charge is 2.19. The number of hydrogen-bond acceptors (Lipinski definition) is 6. The van der Waals surface area contributed by atoms with Crippen LogP contribution in [0.5, 0.6) is 5.75 Å². The highest BCUT2D eigenvalue weighted by atomic mass is 19.1. The van der Waals surface area contributed by atoms with Crippen molar-refractivity contribution in [3.63, 3.8) is 0 Å². The lowest BCUT2D eigenvalue weighted by molar-refractivity contribution is 0.0322. The molecule has 0 radical (unpaired) electrons. The molecule has 2 aromatic carbocycles. The summed E-state index contributed by atoms with van der Waals surface area (Å²) in [4.78, 5) is 28.8. The molecule has 6 rings (SSSR count). The molecule has 10 heteroatoms. The second kappa shape index (κ2) is 11.4. The second-order valence-corrected chi connectivity index (χ2v) is 9.83. The first-order valence-electron chi connectivity index (χ1n) is 13.4. The molecule has 4 heterocycles. The molecule has 4 aromatic rings. The van der Waals surface area contributed by atoms with Crippen molar-refractivity contribution >= 4 is 22.9 Å². The normalized spacial score (nSPS) is 16.1. The standard InChI is InChI=1S/C29H31FN6O3/c30-25-8-5-22(32-29(37)36-9-1-2-10-36)18-24(25)27-33-26-17-21(19-31-28(26)34-27)20-3-6-23(7-4-20)39-16-13-35-11-14-38-15-12-35/h3-8,17-19H,1-2,9-16H2,(H,32,37)(H,31,33,34). The molecule has 2 amide bonds. The number of nitrogens with one attached hydrogen (secondary N) is 2. The monoisotopic (exact) mass is 530 g/mol. The van der Waals surface area contributed by atoms with Gasteiger partial charge in [-0.1, -0.05) is 12.1 Å². The Kier molecular flexibility index (Phi) is 7.38. The van der Waals surface area contributed by atoms with Crippen LogP contribution in [-0.4, -0.2) is 83.3 Å². The Bertz CT molecular complexity index is 1450. The molecule has 0 spiro atoms. The number of rotatable bonds is 7. The molecular formula is C29H31FN6O3. The predicted octanol–water partition coefficient (Wildman–Crippen LogP) is 4.77. The Balaban J connectivity index is 1.14. The van der Waals surface area contributed by atoms with Gasteiger partial charge in [-0.25, -0.2) is 19.2 Å². The number of ether oxygens (including phenoxy) is 2. The highest BCUT2D eigenvalue weighted by molar-refractivity contribution is 5.90. The molecule has 2 N–H and O–H groups in total. The van der Waals surface area contributed by atoms with E-state index in [9.17, 15) is 9.18 Å². The summed E-state index contributed by atoms with van der Waals surface area (Å²) in [5.41, 5.74) is 3.86. The van der Waals surface area contributed by atoms with E-state index in [2.05, 4.69) is 25.2 Å². The number of urea groups is 1. The van der Waals surface area contributed by atoms with Crippen LogP contribution >= 0.6 is 0 Å². The van der Waals surface area contributed by atoms with E-state index in [1.807, 2.05) is 30.3 Å². The number of pyridine rings is 1. The zero-order chi connectivity index (χ0) is 26.6. The first-order chi connectivity index (χ1) is 19.1. The number of anilines is 1. The van der Waals surface area contributed by atoms with Crippen LogP contribution in [0, 0.1) is 5.82 Å². The number of fused-ring (bicyclic) bond motifs is 1. The summed E-state index contributed by atoms with van der Waals surface area (Å²) in [6, 6.07) is 14.2. The lowest BCUT2D eigenvalue weighted by Crippen LogP contribution is -2.38. The molecule has 2 fully saturated rings. The minimum atomic E-state index is -0.433. The van der Waals surface area contributed by atoms with E-state index in [0.29, 0.717) is 29.3 Å². The van der Waals surface area contributed by atoms with Crippen LogP contribution in [0.25, 0.3) is 33.7 Å². The van der Waals surface area contributed by atoms with Gasteiger partial charge in [-0.15, -0.1) is 0 Å². The largest absolute Gasteiger partial charge is 0.492 e. The summed E-state index contributed by atoms with van der Waals surface area (Å²) in [6.07, 6.45) is 3.76. The van der Waals surface area contributed by atoms with E-state index in [0.717, 1.165) is 75.7 Å². The summed E-state index contributed by atoms with van der Waals surface area (Å²) in [7, 11) is 0. The lowest BCUT2D eigenvalue weighted by Gasteiger charge is -2.26. The second-order valence-electron chi connectivity index (χ2n) is 9.83. The summed E-state index contributed by atoms with van der Waals surface area (Å²) < 4.78 is 26.1. The first-order valence-corrected chi connectivity index (χ1v) is 13.4. The van der Waals surface area contributed by atoms with Crippen molar-refractivity contribution in [1.29, 1.82) is 0 Å². The average molecular weight is 531 g/mol. The van der Waals surface area contributed by atoms with Gasteiger partial charge in [0.25, 0.3) is 0 Å². The quantitative estimate of drug-likeness (QED) is 0.358. The van der Waals surface area contributed by atoms with E-state index in [4.69, 9.17) is 9.47 Å². The Morgan fingerprint density at radius 1 is 1.03 bits per heavy atom. The number of aromatic nitrogens is 3. The molecule has 0 aliphatic carbocycles. The smallest absolute Gasteiger partial charge is 0.321 e. The van der Waals surface area contributed by atoms with E-state index < -0.39 is 5.82 Å². The first kappa shape index (κ1) is 25.3. The number of imidazole rings is 1. The molecule has 0 atom stereocenters. The molecule has 0 saturated carbocycles. The van der Waals surface area contributed by atoms with Crippen LogP contribution in [0.15, 0.2) is 54.7 Å². The van der Waals surface area contributed by atoms with Gasteiger partial charge in [0.05, 0.1) is 24.3 Å². The topological polar surface area (TPSA) is 95.6 Å². The molecule has 39 heavy (non-hydrogen) atoms. The van der Waals surface area contributed by atoms with E-state index in [1.165, 1.54) is 6.07 Å². The highest BCUT2D eigenvalue weighted by Crippen LogP contribution is 2.29. The third-order valence-electron chi connectivity index (χ3n) is 7.17. The molecule has 202 valence electrons. The molecule has 2 aliphatic heterocycles. The molecule has 2 aliphatic rings.